The summed E-state index contributed by atoms with van der Waals surface area (Å²) in [6.45, 7) is 2.09. The minimum atomic E-state index is 0.630. The fraction of sp³-hybridized carbons (Fsp3) is 0.250. The van der Waals surface area contributed by atoms with Crippen molar-refractivity contribution in [2.75, 3.05) is 5.75 Å². The van der Waals surface area contributed by atoms with Crippen molar-refractivity contribution in [2.24, 2.45) is 0 Å². The molecule has 3 heteroatoms. The van der Waals surface area contributed by atoms with Gasteiger partial charge < -0.3 is 0 Å². The van der Waals surface area contributed by atoms with E-state index in [1.807, 2.05) is 12.1 Å². The third-order valence-corrected chi connectivity index (χ3v) is 3.09. The fourth-order valence-electron chi connectivity index (χ4n) is 0.751. The van der Waals surface area contributed by atoms with Gasteiger partial charge in [0.1, 0.15) is 0 Å². The molecular weight excluding hydrogens is 199 g/mol. The molecule has 0 aliphatic heterocycles. The maximum Gasteiger partial charge on any atom is 0.0728 e. The Balaban J connectivity index is 2.96. The molecule has 0 nitrogen and oxygen atoms in total. The molecule has 0 aliphatic carbocycles. The Morgan fingerprint density at radius 2 is 2.09 bits per heavy atom. The Hall–Kier alpha value is 0.150. The van der Waals surface area contributed by atoms with Crippen LogP contribution in [0.15, 0.2) is 23.1 Å². The van der Waals surface area contributed by atoms with E-state index in [0.29, 0.717) is 10.0 Å². The maximum absolute atomic E-state index is 5.92. The van der Waals surface area contributed by atoms with E-state index in [1.54, 1.807) is 17.8 Å². The lowest BCUT2D eigenvalue weighted by Gasteiger charge is -2.01. The SMILES string of the molecule is CCSc1cccc(Cl)c1Cl. The van der Waals surface area contributed by atoms with Crippen LogP contribution in [0.25, 0.3) is 0 Å². The van der Waals surface area contributed by atoms with Gasteiger partial charge in [0.25, 0.3) is 0 Å². The summed E-state index contributed by atoms with van der Waals surface area (Å²) in [6.07, 6.45) is 0. The zero-order valence-corrected chi connectivity index (χ0v) is 8.43. The first-order chi connectivity index (χ1) is 5.25. The molecule has 1 rings (SSSR count). The number of hydrogen-bond donors (Lipinski definition) is 0. The topological polar surface area (TPSA) is 0 Å². The summed E-state index contributed by atoms with van der Waals surface area (Å²) in [6, 6.07) is 5.68. The van der Waals surface area contributed by atoms with Gasteiger partial charge in [0.2, 0.25) is 0 Å². The maximum atomic E-state index is 5.92. The Bertz CT molecular complexity index is 248. The molecule has 0 saturated heterocycles. The second-order valence-corrected chi connectivity index (χ2v) is 4.08. The van der Waals surface area contributed by atoms with Crippen LogP contribution in [0.4, 0.5) is 0 Å². The average molecular weight is 207 g/mol. The Labute approximate surface area is 80.9 Å². The van der Waals surface area contributed by atoms with E-state index in [1.165, 1.54) is 0 Å². The van der Waals surface area contributed by atoms with Crippen LogP contribution in [0.2, 0.25) is 10.0 Å². The summed E-state index contributed by atoms with van der Waals surface area (Å²) in [5.74, 6) is 1.01. The van der Waals surface area contributed by atoms with E-state index in [-0.39, 0.29) is 0 Å². The van der Waals surface area contributed by atoms with Crippen molar-refractivity contribution < 1.29 is 0 Å². The first-order valence-corrected chi connectivity index (χ1v) is 5.06. The number of thioether (sulfide) groups is 1. The minimum absolute atomic E-state index is 0.630. The highest BCUT2D eigenvalue weighted by Crippen LogP contribution is 2.32. The standard InChI is InChI=1S/C8H8Cl2S/c1-2-11-7-5-3-4-6(9)8(7)10/h3-5H,2H2,1H3. The lowest BCUT2D eigenvalue weighted by molar-refractivity contribution is 1.43. The van der Waals surface area contributed by atoms with Crippen molar-refractivity contribution in [3.05, 3.63) is 28.2 Å². The third kappa shape index (κ3) is 2.29. The van der Waals surface area contributed by atoms with Crippen LogP contribution in [0.3, 0.4) is 0 Å². The minimum Gasteiger partial charge on any atom is -0.125 e. The van der Waals surface area contributed by atoms with Crippen LogP contribution in [-0.4, -0.2) is 5.75 Å². The highest BCUT2D eigenvalue weighted by Gasteiger charge is 2.02. The highest BCUT2D eigenvalue weighted by molar-refractivity contribution is 7.99. The quantitative estimate of drug-likeness (QED) is 0.657. The molecule has 0 saturated carbocycles. The van der Waals surface area contributed by atoms with Crippen LogP contribution in [0, 0.1) is 0 Å². The van der Waals surface area contributed by atoms with E-state index in [4.69, 9.17) is 23.2 Å². The molecule has 0 unspecified atom stereocenters. The second kappa shape index (κ2) is 4.24. The van der Waals surface area contributed by atoms with Crippen LogP contribution in [0.5, 0.6) is 0 Å². The molecule has 0 heterocycles. The van der Waals surface area contributed by atoms with E-state index in [0.717, 1.165) is 10.6 Å². The van der Waals surface area contributed by atoms with Gasteiger partial charge in [-0.1, -0.05) is 36.2 Å². The van der Waals surface area contributed by atoms with E-state index in [9.17, 15) is 0 Å². The van der Waals surface area contributed by atoms with Gasteiger partial charge in [0.15, 0.2) is 0 Å². The van der Waals surface area contributed by atoms with Crippen molar-refractivity contribution in [3.63, 3.8) is 0 Å². The van der Waals surface area contributed by atoms with Crippen LogP contribution in [-0.2, 0) is 0 Å². The predicted octanol–water partition coefficient (Wildman–Crippen LogP) is 4.11. The largest absolute Gasteiger partial charge is 0.125 e. The fourth-order valence-corrected chi connectivity index (χ4v) is 1.99. The summed E-state index contributed by atoms with van der Waals surface area (Å²) in [4.78, 5) is 1.06. The smallest absolute Gasteiger partial charge is 0.0728 e. The zero-order chi connectivity index (χ0) is 8.27. The summed E-state index contributed by atoms with van der Waals surface area (Å²) < 4.78 is 0. The molecule has 0 aliphatic rings. The molecule has 0 radical (unpaired) electrons. The molecule has 0 atom stereocenters. The third-order valence-electron chi connectivity index (χ3n) is 1.22. The molecular formula is C8H8Cl2S. The van der Waals surface area contributed by atoms with Gasteiger partial charge in [0.05, 0.1) is 10.0 Å². The number of halogens is 2. The molecule has 0 bridgehead atoms. The molecule has 60 valence electrons. The van der Waals surface area contributed by atoms with Gasteiger partial charge in [-0.25, -0.2) is 0 Å². The number of rotatable bonds is 2. The number of benzene rings is 1. The monoisotopic (exact) mass is 206 g/mol. The van der Waals surface area contributed by atoms with Crippen LogP contribution in [0.1, 0.15) is 6.92 Å². The first kappa shape index (κ1) is 9.24. The van der Waals surface area contributed by atoms with Crippen molar-refractivity contribution in [1.82, 2.24) is 0 Å². The molecule has 0 aromatic heterocycles. The predicted molar refractivity (Wildman–Crippen MR) is 52.9 cm³/mol. The van der Waals surface area contributed by atoms with Gasteiger partial charge in [-0.05, 0) is 17.9 Å². The van der Waals surface area contributed by atoms with Gasteiger partial charge in [0, 0.05) is 4.90 Å². The van der Waals surface area contributed by atoms with Crippen LogP contribution < -0.4 is 0 Å². The van der Waals surface area contributed by atoms with Crippen LogP contribution >= 0.6 is 35.0 Å². The van der Waals surface area contributed by atoms with Crippen molar-refractivity contribution >= 4 is 35.0 Å². The highest BCUT2D eigenvalue weighted by atomic mass is 35.5. The summed E-state index contributed by atoms with van der Waals surface area (Å²) in [7, 11) is 0. The van der Waals surface area contributed by atoms with Crippen molar-refractivity contribution in [2.45, 2.75) is 11.8 Å². The van der Waals surface area contributed by atoms with Crippen molar-refractivity contribution in [1.29, 1.82) is 0 Å². The second-order valence-electron chi connectivity index (χ2n) is 1.98. The van der Waals surface area contributed by atoms with E-state index >= 15 is 0 Å². The zero-order valence-electron chi connectivity index (χ0n) is 6.10. The molecule has 0 amide bonds. The summed E-state index contributed by atoms with van der Waals surface area (Å²) >= 11 is 13.4. The molecule has 1 aromatic carbocycles. The van der Waals surface area contributed by atoms with Gasteiger partial charge in [-0.2, -0.15) is 0 Å². The normalized spacial score (nSPS) is 10.1. The first-order valence-electron chi connectivity index (χ1n) is 3.32. The summed E-state index contributed by atoms with van der Waals surface area (Å²) in [5, 5.41) is 1.30. The summed E-state index contributed by atoms with van der Waals surface area (Å²) in [5.41, 5.74) is 0. The van der Waals surface area contributed by atoms with Gasteiger partial charge >= 0.3 is 0 Å². The van der Waals surface area contributed by atoms with Crippen molar-refractivity contribution in [3.8, 4) is 0 Å². The Morgan fingerprint density at radius 1 is 1.36 bits per heavy atom. The van der Waals surface area contributed by atoms with E-state index in [2.05, 4.69) is 6.92 Å². The molecule has 0 spiro atoms. The van der Waals surface area contributed by atoms with Gasteiger partial charge in [-0.3, -0.25) is 0 Å². The Morgan fingerprint density at radius 3 is 2.73 bits per heavy atom. The Kier molecular flexibility index (Phi) is 3.57. The lowest BCUT2D eigenvalue weighted by Crippen LogP contribution is -1.75. The van der Waals surface area contributed by atoms with E-state index < -0.39 is 0 Å². The van der Waals surface area contributed by atoms with Gasteiger partial charge in [-0.15, -0.1) is 11.8 Å². The molecule has 1 aromatic rings. The number of hydrogen-bond acceptors (Lipinski definition) is 1. The lowest BCUT2D eigenvalue weighted by atomic mass is 10.4. The molecule has 11 heavy (non-hydrogen) atoms. The molecule has 0 fully saturated rings. The molecule has 0 N–H and O–H groups in total. The average Bonchev–Trinajstić information content (AvgIpc) is 1.99.